The molecule has 1 heterocycles. The number of nitrogens with zero attached hydrogens (tertiary/aromatic N) is 1. The Labute approximate surface area is 139 Å². The Morgan fingerprint density at radius 3 is 2.62 bits per heavy atom. The molecule has 2 aromatic rings. The van der Waals surface area contributed by atoms with Gasteiger partial charge in [-0.05, 0) is 36.2 Å². The van der Waals surface area contributed by atoms with Crippen molar-refractivity contribution in [3.63, 3.8) is 0 Å². The Morgan fingerprint density at radius 1 is 1.25 bits per heavy atom. The molecule has 1 aromatic heterocycles. The lowest BCUT2D eigenvalue weighted by Crippen LogP contribution is -2.37. The van der Waals surface area contributed by atoms with Crippen molar-refractivity contribution in [2.24, 2.45) is 5.92 Å². The van der Waals surface area contributed by atoms with Gasteiger partial charge in [-0.2, -0.15) is 0 Å². The number of pyridine rings is 1. The minimum absolute atomic E-state index is 0.125. The predicted molar refractivity (Wildman–Crippen MR) is 88.6 cm³/mol. The summed E-state index contributed by atoms with van der Waals surface area (Å²) < 4.78 is 4.79. The molecule has 24 heavy (non-hydrogen) atoms. The number of phenolic OH excluding ortho intramolecular Hbond substituents is 1. The zero-order valence-corrected chi connectivity index (χ0v) is 13.2. The monoisotopic (exact) mass is 329 g/mol. The fraction of sp³-hybridized carbons (Fsp3) is 0.235. The molecule has 0 radical (unpaired) electrons. The third-order valence-electron chi connectivity index (χ3n) is 3.38. The largest absolute Gasteiger partial charge is 0.508 e. The van der Waals surface area contributed by atoms with Crippen LogP contribution in [0.2, 0.25) is 0 Å². The summed E-state index contributed by atoms with van der Waals surface area (Å²) in [5.74, 6) is -0.786. The maximum atomic E-state index is 11.9. The second-order valence-corrected chi connectivity index (χ2v) is 5.17. The quantitative estimate of drug-likeness (QED) is 0.703. The van der Waals surface area contributed by atoms with Gasteiger partial charge in [0, 0.05) is 12.7 Å². The summed E-state index contributed by atoms with van der Waals surface area (Å²) in [6, 6.07) is 9.53. The standard InChI is InChI=1S/C17H19N3O4/c1-24-16(22)13(9-12-4-6-15(21)7-5-12)10-19-17(23)20-14-3-2-8-18-11-14/h2-8,11,13,21H,9-10H2,1H3,(H2,19,20,23). The zero-order valence-electron chi connectivity index (χ0n) is 13.2. The summed E-state index contributed by atoms with van der Waals surface area (Å²) in [7, 11) is 1.31. The number of benzene rings is 1. The van der Waals surface area contributed by atoms with Crippen LogP contribution in [0.25, 0.3) is 0 Å². The number of phenols is 1. The molecule has 0 saturated heterocycles. The maximum absolute atomic E-state index is 11.9. The molecule has 0 fully saturated rings. The van der Waals surface area contributed by atoms with Crippen LogP contribution >= 0.6 is 0 Å². The van der Waals surface area contributed by atoms with Gasteiger partial charge >= 0.3 is 12.0 Å². The van der Waals surface area contributed by atoms with Crippen molar-refractivity contribution in [3.05, 3.63) is 54.4 Å². The number of esters is 1. The SMILES string of the molecule is COC(=O)C(CNC(=O)Nc1cccnc1)Cc1ccc(O)cc1. The highest BCUT2D eigenvalue weighted by molar-refractivity contribution is 5.89. The molecule has 1 aromatic carbocycles. The van der Waals surface area contributed by atoms with Gasteiger partial charge in [-0.15, -0.1) is 0 Å². The van der Waals surface area contributed by atoms with E-state index in [9.17, 15) is 14.7 Å². The van der Waals surface area contributed by atoms with Crippen LogP contribution in [0.1, 0.15) is 5.56 Å². The van der Waals surface area contributed by atoms with Crippen molar-refractivity contribution < 1.29 is 19.4 Å². The van der Waals surface area contributed by atoms with Crippen molar-refractivity contribution in [3.8, 4) is 5.75 Å². The highest BCUT2D eigenvalue weighted by Gasteiger charge is 2.20. The van der Waals surface area contributed by atoms with E-state index in [0.29, 0.717) is 12.1 Å². The molecule has 0 aliphatic heterocycles. The van der Waals surface area contributed by atoms with E-state index in [1.54, 1.807) is 42.6 Å². The molecule has 1 unspecified atom stereocenters. The van der Waals surface area contributed by atoms with Crippen molar-refractivity contribution in [2.75, 3.05) is 19.0 Å². The lowest BCUT2D eigenvalue weighted by molar-refractivity contribution is -0.145. The van der Waals surface area contributed by atoms with Crippen LogP contribution < -0.4 is 10.6 Å². The number of hydrogen-bond donors (Lipinski definition) is 3. The molecule has 1 atom stereocenters. The van der Waals surface area contributed by atoms with Gasteiger partial charge in [-0.3, -0.25) is 9.78 Å². The second-order valence-electron chi connectivity index (χ2n) is 5.17. The first kappa shape index (κ1) is 17.3. The number of carbonyl (C=O) groups is 2. The Morgan fingerprint density at radius 2 is 2.00 bits per heavy atom. The van der Waals surface area contributed by atoms with Gasteiger partial charge < -0.3 is 20.5 Å². The van der Waals surface area contributed by atoms with Gasteiger partial charge in [-0.25, -0.2) is 4.79 Å². The Bertz CT molecular complexity index is 674. The molecular formula is C17H19N3O4. The van der Waals surface area contributed by atoms with Crippen LogP contribution in [-0.4, -0.2) is 35.7 Å². The number of rotatable bonds is 6. The Kier molecular flexibility index (Phi) is 6.13. The predicted octanol–water partition coefficient (Wildman–Crippen LogP) is 1.94. The third kappa shape index (κ3) is 5.28. The molecular weight excluding hydrogens is 310 g/mol. The minimum Gasteiger partial charge on any atom is -0.508 e. The maximum Gasteiger partial charge on any atom is 0.319 e. The van der Waals surface area contributed by atoms with Gasteiger partial charge in [0.15, 0.2) is 0 Å². The molecule has 0 aliphatic carbocycles. The summed E-state index contributed by atoms with van der Waals surface area (Å²) in [6.45, 7) is 0.125. The van der Waals surface area contributed by atoms with Crippen molar-refractivity contribution in [1.29, 1.82) is 0 Å². The highest BCUT2D eigenvalue weighted by Crippen LogP contribution is 2.14. The number of anilines is 1. The zero-order chi connectivity index (χ0) is 17.4. The van der Waals surface area contributed by atoms with Crippen molar-refractivity contribution >= 4 is 17.7 Å². The number of carbonyl (C=O) groups excluding carboxylic acids is 2. The van der Waals surface area contributed by atoms with Crippen LogP contribution in [0.3, 0.4) is 0 Å². The first-order chi connectivity index (χ1) is 11.6. The van der Waals surface area contributed by atoms with E-state index in [2.05, 4.69) is 15.6 Å². The average Bonchev–Trinajstić information content (AvgIpc) is 2.60. The number of ether oxygens (including phenoxy) is 1. The first-order valence-corrected chi connectivity index (χ1v) is 7.39. The molecule has 126 valence electrons. The number of urea groups is 1. The Balaban J connectivity index is 1.92. The number of methoxy groups -OCH3 is 1. The first-order valence-electron chi connectivity index (χ1n) is 7.39. The van der Waals surface area contributed by atoms with E-state index >= 15 is 0 Å². The van der Waals surface area contributed by atoms with E-state index in [4.69, 9.17) is 4.74 Å². The topological polar surface area (TPSA) is 101 Å². The molecule has 0 bridgehead atoms. The van der Waals surface area contributed by atoms with E-state index in [0.717, 1.165) is 5.56 Å². The van der Waals surface area contributed by atoms with E-state index in [1.807, 2.05) is 0 Å². The fourth-order valence-corrected chi connectivity index (χ4v) is 2.15. The molecule has 2 amide bonds. The number of aromatic hydroxyl groups is 1. The smallest absolute Gasteiger partial charge is 0.319 e. The third-order valence-corrected chi connectivity index (χ3v) is 3.38. The van der Waals surface area contributed by atoms with Crippen LogP contribution in [0.15, 0.2) is 48.8 Å². The summed E-state index contributed by atoms with van der Waals surface area (Å²) in [5.41, 5.74) is 1.42. The van der Waals surface area contributed by atoms with Gasteiger partial charge in [0.25, 0.3) is 0 Å². The molecule has 0 saturated carbocycles. The number of nitrogens with one attached hydrogen (secondary N) is 2. The van der Waals surface area contributed by atoms with Gasteiger partial charge in [0.1, 0.15) is 5.75 Å². The van der Waals surface area contributed by atoms with Gasteiger partial charge in [0.2, 0.25) is 0 Å². The fourth-order valence-electron chi connectivity index (χ4n) is 2.15. The normalized spacial score (nSPS) is 11.4. The van der Waals surface area contributed by atoms with Crippen LogP contribution in [0, 0.1) is 5.92 Å². The minimum atomic E-state index is -0.529. The summed E-state index contributed by atoms with van der Waals surface area (Å²) >= 11 is 0. The summed E-state index contributed by atoms with van der Waals surface area (Å²) in [5, 5.41) is 14.6. The molecule has 0 spiro atoms. The molecule has 7 heteroatoms. The van der Waals surface area contributed by atoms with Crippen LogP contribution in [0.5, 0.6) is 5.75 Å². The van der Waals surface area contributed by atoms with Gasteiger partial charge in [0.05, 0.1) is 24.9 Å². The van der Waals surface area contributed by atoms with Crippen LogP contribution in [0.4, 0.5) is 10.5 Å². The second kappa shape index (κ2) is 8.52. The number of hydrogen-bond acceptors (Lipinski definition) is 5. The highest BCUT2D eigenvalue weighted by atomic mass is 16.5. The van der Waals surface area contributed by atoms with E-state index in [-0.39, 0.29) is 12.3 Å². The van der Waals surface area contributed by atoms with E-state index in [1.165, 1.54) is 13.3 Å². The molecule has 2 rings (SSSR count). The van der Waals surface area contributed by atoms with Crippen molar-refractivity contribution in [2.45, 2.75) is 6.42 Å². The molecule has 3 N–H and O–H groups in total. The van der Waals surface area contributed by atoms with Crippen LogP contribution in [-0.2, 0) is 16.0 Å². The number of aromatic nitrogens is 1. The molecule has 7 nitrogen and oxygen atoms in total. The average molecular weight is 329 g/mol. The Hall–Kier alpha value is -3.09. The van der Waals surface area contributed by atoms with Gasteiger partial charge in [-0.1, -0.05) is 12.1 Å². The van der Waals surface area contributed by atoms with Crippen molar-refractivity contribution in [1.82, 2.24) is 10.3 Å². The lowest BCUT2D eigenvalue weighted by Gasteiger charge is -2.16. The lowest BCUT2D eigenvalue weighted by atomic mass is 9.99. The summed E-state index contributed by atoms with van der Waals surface area (Å²) in [4.78, 5) is 27.7. The van der Waals surface area contributed by atoms with E-state index < -0.39 is 17.9 Å². The molecule has 0 aliphatic rings. The summed E-state index contributed by atoms with van der Waals surface area (Å²) in [6.07, 6.45) is 3.52. The number of amides is 2.